The van der Waals surface area contributed by atoms with Crippen molar-refractivity contribution in [3.05, 3.63) is 34.6 Å². The molecule has 0 bridgehead atoms. The molecular weight excluding hydrogens is 279 g/mol. The second kappa shape index (κ2) is 5.98. The molecule has 0 aliphatic carbocycles. The summed E-state index contributed by atoms with van der Waals surface area (Å²) in [7, 11) is 0. The zero-order valence-electron chi connectivity index (χ0n) is 11.4. The van der Waals surface area contributed by atoms with E-state index in [1.807, 2.05) is 0 Å². The van der Waals surface area contributed by atoms with Crippen LogP contribution >= 0.6 is 11.6 Å². The molecule has 3 nitrogen and oxygen atoms in total. The van der Waals surface area contributed by atoms with Gasteiger partial charge < -0.3 is 10.5 Å². The third-order valence-electron chi connectivity index (χ3n) is 4.40. The van der Waals surface area contributed by atoms with Crippen molar-refractivity contribution in [1.82, 2.24) is 4.90 Å². The standard InChI is InChI=1S/C15H20ClFN2O/c16-12-4-1-5-13(17)11(12)7-14(18)15-8-19-6-2-3-10(19)9-20-15/h1,4-5,10,14-15H,2-3,6-9,18H2. The molecule has 20 heavy (non-hydrogen) atoms. The van der Waals surface area contributed by atoms with Crippen molar-refractivity contribution in [3.8, 4) is 0 Å². The van der Waals surface area contributed by atoms with Crippen LogP contribution in [0.2, 0.25) is 5.02 Å². The van der Waals surface area contributed by atoms with Crippen molar-refractivity contribution in [2.24, 2.45) is 5.73 Å². The minimum absolute atomic E-state index is 0.0416. The average Bonchev–Trinajstić information content (AvgIpc) is 2.90. The smallest absolute Gasteiger partial charge is 0.127 e. The molecular formula is C15H20ClFN2O. The highest BCUT2D eigenvalue weighted by Crippen LogP contribution is 2.26. The SMILES string of the molecule is NC(Cc1c(F)cccc1Cl)C1CN2CCCC2CO1. The van der Waals surface area contributed by atoms with Gasteiger partial charge in [-0.15, -0.1) is 0 Å². The van der Waals surface area contributed by atoms with E-state index in [1.54, 1.807) is 12.1 Å². The molecule has 1 aromatic rings. The molecule has 2 N–H and O–H groups in total. The van der Waals surface area contributed by atoms with Gasteiger partial charge in [-0.25, -0.2) is 4.39 Å². The first-order valence-corrected chi connectivity index (χ1v) is 7.57. The molecule has 2 aliphatic heterocycles. The van der Waals surface area contributed by atoms with E-state index in [0.29, 0.717) is 23.0 Å². The summed E-state index contributed by atoms with van der Waals surface area (Å²) in [4.78, 5) is 2.44. The number of fused-ring (bicyclic) bond motifs is 1. The Morgan fingerprint density at radius 2 is 2.35 bits per heavy atom. The van der Waals surface area contributed by atoms with Crippen LogP contribution < -0.4 is 5.73 Å². The van der Waals surface area contributed by atoms with Crippen molar-refractivity contribution in [3.63, 3.8) is 0 Å². The lowest BCUT2D eigenvalue weighted by atomic mass is 9.99. The highest BCUT2D eigenvalue weighted by Gasteiger charge is 2.34. The first-order valence-electron chi connectivity index (χ1n) is 7.19. The number of nitrogens with zero attached hydrogens (tertiary/aromatic N) is 1. The van der Waals surface area contributed by atoms with Gasteiger partial charge in [-0.2, -0.15) is 0 Å². The zero-order chi connectivity index (χ0) is 14.1. The summed E-state index contributed by atoms with van der Waals surface area (Å²) in [6.07, 6.45) is 2.81. The van der Waals surface area contributed by atoms with Crippen molar-refractivity contribution in [2.45, 2.75) is 37.5 Å². The lowest BCUT2D eigenvalue weighted by molar-refractivity contribution is -0.0590. The fraction of sp³-hybridized carbons (Fsp3) is 0.600. The van der Waals surface area contributed by atoms with E-state index in [4.69, 9.17) is 22.1 Å². The van der Waals surface area contributed by atoms with Crippen LogP contribution in [0.3, 0.4) is 0 Å². The van der Waals surface area contributed by atoms with E-state index in [0.717, 1.165) is 19.7 Å². The molecule has 0 amide bonds. The van der Waals surface area contributed by atoms with Gasteiger partial charge in [0, 0.05) is 29.2 Å². The Kier molecular flexibility index (Phi) is 4.26. The Morgan fingerprint density at radius 3 is 3.15 bits per heavy atom. The highest BCUT2D eigenvalue weighted by atomic mass is 35.5. The van der Waals surface area contributed by atoms with Crippen LogP contribution in [0.25, 0.3) is 0 Å². The van der Waals surface area contributed by atoms with Crippen LogP contribution in [0.5, 0.6) is 0 Å². The van der Waals surface area contributed by atoms with E-state index >= 15 is 0 Å². The van der Waals surface area contributed by atoms with Gasteiger partial charge in [-0.1, -0.05) is 17.7 Å². The molecule has 1 aromatic carbocycles. The summed E-state index contributed by atoms with van der Waals surface area (Å²) in [6.45, 7) is 2.71. The zero-order valence-corrected chi connectivity index (χ0v) is 12.2. The highest BCUT2D eigenvalue weighted by molar-refractivity contribution is 6.31. The van der Waals surface area contributed by atoms with Crippen molar-refractivity contribution in [2.75, 3.05) is 19.7 Å². The maximum absolute atomic E-state index is 13.8. The molecule has 3 rings (SSSR count). The molecule has 2 heterocycles. The number of morpholine rings is 1. The van der Waals surface area contributed by atoms with E-state index in [-0.39, 0.29) is 18.0 Å². The lowest BCUT2D eigenvalue weighted by Gasteiger charge is -2.37. The molecule has 0 radical (unpaired) electrons. The van der Waals surface area contributed by atoms with Crippen molar-refractivity contribution in [1.29, 1.82) is 0 Å². The van der Waals surface area contributed by atoms with Crippen LogP contribution in [-0.2, 0) is 11.2 Å². The van der Waals surface area contributed by atoms with Gasteiger partial charge in [0.15, 0.2) is 0 Å². The lowest BCUT2D eigenvalue weighted by Crippen LogP contribution is -2.53. The Balaban J connectivity index is 1.66. The summed E-state index contributed by atoms with van der Waals surface area (Å²) in [5.74, 6) is -0.289. The number of ether oxygens (including phenoxy) is 1. The summed E-state index contributed by atoms with van der Waals surface area (Å²) in [5, 5.41) is 0.440. The molecule has 0 saturated carbocycles. The summed E-state index contributed by atoms with van der Waals surface area (Å²) < 4.78 is 19.7. The van der Waals surface area contributed by atoms with E-state index < -0.39 is 0 Å². The number of hydrogen-bond donors (Lipinski definition) is 1. The van der Waals surface area contributed by atoms with E-state index in [2.05, 4.69) is 4.90 Å². The number of benzene rings is 1. The van der Waals surface area contributed by atoms with Gasteiger partial charge >= 0.3 is 0 Å². The number of rotatable bonds is 3. The van der Waals surface area contributed by atoms with Gasteiger partial charge in [-0.3, -0.25) is 4.90 Å². The largest absolute Gasteiger partial charge is 0.374 e. The monoisotopic (exact) mass is 298 g/mol. The van der Waals surface area contributed by atoms with Crippen molar-refractivity contribution >= 4 is 11.6 Å². The van der Waals surface area contributed by atoms with Crippen LogP contribution in [0.15, 0.2) is 18.2 Å². The normalized spacial score (nSPS) is 28.4. The minimum atomic E-state index is -0.289. The molecule has 5 heteroatoms. The first kappa shape index (κ1) is 14.3. The molecule has 0 aromatic heterocycles. The van der Waals surface area contributed by atoms with Crippen LogP contribution in [0, 0.1) is 5.82 Å². The van der Waals surface area contributed by atoms with Crippen LogP contribution in [-0.4, -0.2) is 42.8 Å². The summed E-state index contributed by atoms with van der Waals surface area (Å²) in [5.41, 5.74) is 6.72. The third kappa shape index (κ3) is 2.84. The second-order valence-electron chi connectivity index (χ2n) is 5.73. The summed E-state index contributed by atoms with van der Waals surface area (Å²) in [6, 6.07) is 5.05. The fourth-order valence-electron chi connectivity index (χ4n) is 3.20. The van der Waals surface area contributed by atoms with E-state index in [1.165, 1.54) is 18.9 Å². The number of halogens is 2. The van der Waals surface area contributed by atoms with Crippen molar-refractivity contribution < 1.29 is 9.13 Å². The Morgan fingerprint density at radius 1 is 1.50 bits per heavy atom. The Labute approximate surface area is 123 Å². The molecule has 2 aliphatic rings. The Bertz CT molecular complexity index is 465. The van der Waals surface area contributed by atoms with Gasteiger partial charge in [0.1, 0.15) is 5.82 Å². The molecule has 2 saturated heterocycles. The Hall–Kier alpha value is -0.680. The minimum Gasteiger partial charge on any atom is -0.374 e. The molecule has 0 spiro atoms. The van der Waals surface area contributed by atoms with Crippen LogP contribution in [0.4, 0.5) is 4.39 Å². The molecule has 3 unspecified atom stereocenters. The predicted octanol–water partition coefficient (Wildman–Crippen LogP) is 2.21. The second-order valence-corrected chi connectivity index (χ2v) is 6.14. The quantitative estimate of drug-likeness (QED) is 0.930. The predicted molar refractivity (Wildman–Crippen MR) is 77.4 cm³/mol. The maximum atomic E-state index is 13.8. The van der Waals surface area contributed by atoms with Gasteiger partial charge in [0.2, 0.25) is 0 Å². The maximum Gasteiger partial charge on any atom is 0.127 e. The third-order valence-corrected chi connectivity index (χ3v) is 4.75. The number of hydrogen-bond acceptors (Lipinski definition) is 3. The van der Waals surface area contributed by atoms with Gasteiger partial charge in [-0.05, 0) is 37.9 Å². The average molecular weight is 299 g/mol. The first-order chi connectivity index (χ1) is 9.65. The topological polar surface area (TPSA) is 38.5 Å². The van der Waals surface area contributed by atoms with E-state index in [9.17, 15) is 4.39 Å². The van der Waals surface area contributed by atoms with Crippen LogP contribution in [0.1, 0.15) is 18.4 Å². The van der Waals surface area contributed by atoms with Gasteiger partial charge in [0.05, 0.1) is 12.7 Å². The molecule has 2 fully saturated rings. The fourth-order valence-corrected chi connectivity index (χ4v) is 3.44. The number of nitrogens with two attached hydrogens (primary N) is 1. The molecule has 110 valence electrons. The molecule has 3 atom stereocenters. The summed E-state index contributed by atoms with van der Waals surface area (Å²) >= 11 is 6.05. The van der Waals surface area contributed by atoms with Gasteiger partial charge in [0.25, 0.3) is 0 Å².